The fraction of sp³-hybridized carbons (Fsp3) is 0.500. The summed E-state index contributed by atoms with van der Waals surface area (Å²) in [6.45, 7) is 7.98. The highest BCUT2D eigenvalue weighted by Crippen LogP contribution is 2.13. The Bertz CT molecular complexity index is 454. The first-order valence-electron chi connectivity index (χ1n) is 6.44. The van der Waals surface area contributed by atoms with Gasteiger partial charge in [0.25, 0.3) is 0 Å². The van der Waals surface area contributed by atoms with E-state index in [9.17, 15) is 0 Å². The first-order valence-corrected chi connectivity index (χ1v) is 6.44. The van der Waals surface area contributed by atoms with Gasteiger partial charge in [-0.3, -0.25) is 0 Å². The van der Waals surface area contributed by atoms with Crippen LogP contribution in [0.25, 0.3) is 0 Å². The Hall–Kier alpha value is -1.55. The third-order valence-corrected chi connectivity index (χ3v) is 3.27. The molecule has 1 N–H and O–H groups in total. The average Bonchev–Trinajstić information content (AvgIpc) is 2.96. The van der Waals surface area contributed by atoms with Gasteiger partial charge in [-0.05, 0) is 31.9 Å². The molecule has 2 heterocycles. The minimum Gasteiger partial charge on any atom is -0.465 e. The first kappa shape index (κ1) is 12.9. The van der Waals surface area contributed by atoms with Gasteiger partial charge in [-0.25, -0.2) is 4.98 Å². The van der Waals surface area contributed by atoms with Crippen LogP contribution in [0.5, 0.6) is 0 Å². The fourth-order valence-corrected chi connectivity index (χ4v) is 1.97. The normalized spacial score (nSPS) is 12.8. The van der Waals surface area contributed by atoms with E-state index in [0.29, 0.717) is 6.04 Å². The first-order chi connectivity index (χ1) is 8.69. The summed E-state index contributed by atoms with van der Waals surface area (Å²) >= 11 is 0. The minimum atomic E-state index is 0.435. The maximum absolute atomic E-state index is 5.66. The van der Waals surface area contributed by atoms with Crippen LogP contribution in [0.3, 0.4) is 0 Å². The van der Waals surface area contributed by atoms with Crippen LogP contribution in [0.1, 0.15) is 30.4 Å². The smallest absolute Gasteiger partial charge is 0.118 e. The van der Waals surface area contributed by atoms with Gasteiger partial charge in [0.05, 0.1) is 12.9 Å². The molecule has 4 heteroatoms. The molecule has 1 atom stereocenters. The van der Waals surface area contributed by atoms with Gasteiger partial charge in [0.2, 0.25) is 0 Å². The molecule has 0 aliphatic carbocycles. The number of aryl methyl sites for hydroxylation is 2. The van der Waals surface area contributed by atoms with Gasteiger partial charge in [0.15, 0.2) is 0 Å². The van der Waals surface area contributed by atoms with Crippen LogP contribution in [-0.2, 0) is 13.1 Å². The van der Waals surface area contributed by atoms with E-state index in [1.165, 1.54) is 5.56 Å². The van der Waals surface area contributed by atoms with Crippen LogP contribution < -0.4 is 5.32 Å². The molecule has 0 fully saturated rings. The van der Waals surface area contributed by atoms with Gasteiger partial charge in [0.1, 0.15) is 11.5 Å². The molecule has 0 spiro atoms. The number of hydrogen-bond donors (Lipinski definition) is 1. The lowest BCUT2D eigenvalue weighted by Gasteiger charge is -2.16. The van der Waals surface area contributed by atoms with Crippen LogP contribution in [0, 0.1) is 13.8 Å². The SMILES string of the molecule is CC[C@@H](Cn1ccnc1)NCc1cc(C)c(C)o1. The van der Waals surface area contributed by atoms with Crippen LogP contribution in [0.2, 0.25) is 0 Å². The summed E-state index contributed by atoms with van der Waals surface area (Å²) in [5.74, 6) is 2.02. The molecule has 0 radical (unpaired) electrons. The Morgan fingerprint density at radius 1 is 1.44 bits per heavy atom. The molecular formula is C14H21N3O. The van der Waals surface area contributed by atoms with Crippen molar-refractivity contribution in [1.82, 2.24) is 14.9 Å². The second-order valence-corrected chi connectivity index (χ2v) is 4.70. The lowest BCUT2D eigenvalue weighted by atomic mass is 10.2. The molecule has 2 aromatic rings. The second kappa shape index (κ2) is 5.87. The summed E-state index contributed by atoms with van der Waals surface area (Å²) in [6.07, 6.45) is 6.74. The Balaban J connectivity index is 1.87. The lowest BCUT2D eigenvalue weighted by Crippen LogP contribution is -2.31. The number of nitrogens with zero attached hydrogens (tertiary/aromatic N) is 2. The summed E-state index contributed by atoms with van der Waals surface area (Å²) in [5, 5.41) is 3.52. The van der Waals surface area contributed by atoms with Gasteiger partial charge >= 0.3 is 0 Å². The van der Waals surface area contributed by atoms with E-state index >= 15 is 0 Å². The van der Waals surface area contributed by atoms with Crippen molar-refractivity contribution in [3.63, 3.8) is 0 Å². The van der Waals surface area contributed by atoms with Crippen molar-refractivity contribution in [3.8, 4) is 0 Å². The minimum absolute atomic E-state index is 0.435. The molecule has 0 saturated heterocycles. The number of aromatic nitrogens is 2. The van der Waals surface area contributed by atoms with Crippen molar-refractivity contribution in [2.75, 3.05) is 0 Å². The zero-order valence-electron chi connectivity index (χ0n) is 11.3. The summed E-state index contributed by atoms with van der Waals surface area (Å²) in [6, 6.07) is 2.54. The van der Waals surface area contributed by atoms with E-state index in [1.54, 1.807) is 0 Å². The standard InChI is InChI=1S/C14H21N3O/c1-4-13(9-17-6-5-15-10-17)16-8-14-7-11(2)12(3)18-14/h5-7,10,13,16H,4,8-9H2,1-3H3/t13-/m0/s1. The predicted octanol–water partition coefficient (Wildman–Crippen LogP) is 2.66. The van der Waals surface area contributed by atoms with Gasteiger partial charge < -0.3 is 14.3 Å². The maximum atomic E-state index is 5.66. The highest BCUT2D eigenvalue weighted by molar-refractivity contribution is 5.18. The molecule has 0 bridgehead atoms. The number of furan rings is 1. The third kappa shape index (κ3) is 3.23. The Kier molecular flexibility index (Phi) is 4.20. The van der Waals surface area contributed by atoms with Crippen molar-refractivity contribution in [2.24, 2.45) is 0 Å². The van der Waals surface area contributed by atoms with Crippen LogP contribution in [0.15, 0.2) is 29.2 Å². The predicted molar refractivity (Wildman–Crippen MR) is 71.3 cm³/mol. The van der Waals surface area contributed by atoms with Gasteiger partial charge in [-0.1, -0.05) is 6.92 Å². The summed E-state index contributed by atoms with van der Waals surface area (Å²) in [4.78, 5) is 4.06. The van der Waals surface area contributed by atoms with Crippen molar-refractivity contribution in [1.29, 1.82) is 0 Å². The largest absolute Gasteiger partial charge is 0.465 e. The molecule has 0 unspecified atom stereocenters. The van der Waals surface area contributed by atoms with E-state index in [-0.39, 0.29) is 0 Å². The average molecular weight is 247 g/mol. The number of imidazole rings is 1. The van der Waals surface area contributed by atoms with Crippen LogP contribution in [0.4, 0.5) is 0 Å². The number of rotatable bonds is 6. The quantitative estimate of drug-likeness (QED) is 0.853. The topological polar surface area (TPSA) is 43.0 Å². The molecule has 0 aromatic carbocycles. The van der Waals surface area contributed by atoms with E-state index in [1.807, 2.05) is 25.6 Å². The Morgan fingerprint density at radius 2 is 2.28 bits per heavy atom. The Morgan fingerprint density at radius 3 is 2.83 bits per heavy atom. The van der Waals surface area contributed by atoms with Crippen molar-refractivity contribution < 1.29 is 4.42 Å². The van der Waals surface area contributed by atoms with E-state index in [0.717, 1.165) is 31.0 Å². The third-order valence-electron chi connectivity index (χ3n) is 3.27. The summed E-state index contributed by atoms with van der Waals surface area (Å²) in [5.41, 5.74) is 1.22. The molecule has 18 heavy (non-hydrogen) atoms. The molecule has 4 nitrogen and oxygen atoms in total. The number of nitrogens with one attached hydrogen (secondary N) is 1. The molecular weight excluding hydrogens is 226 g/mol. The summed E-state index contributed by atoms with van der Waals surface area (Å²) in [7, 11) is 0. The van der Waals surface area contributed by atoms with E-state index in [2.05, 4.69) is 34.8 Å². The van der Waals surface area contributed by atoms with Gasteiger partial charge in [-0.2, -0.15) is 0 Å². The highest BCUT2D eigenvalue weighted by Gasteiger charge is 2.09. The van der Waals surface area contributed by atoms with E-state index < -0.39 is 0 Å². The summed E-state index contributed by atoms with van der Waals surface area (Å²) < 4.78 is 7.76. The fourth-order valence-electron chi connectivity index (χ4n) is 1.97. The molecule has 2 rings (SSSR count). The van der Waals surface area contributed by atoms with Crippen molar-refractivity contribution in [2.45, 2.75) is 46.3 Å². The molecule has 2 aromatic heterocycles. The molecule has 0 amide bonds. The molecule has 0 aliphatic rings. The molecule has 98 valence electrons. The Labute approximate surface area is 108 Å². The van der Waals surface area contributed by atoms with E-state index in [4.69, 9.17) is 4.42 Å². The van der Waals surface area contributed by atoms with Crippen LogP contribution >= 0.6 is 0 Å². The lowest BCUT2D eigenvalue weighted by molar-refractivity contribution is 0.396. The van der Waals surface area contributed by atoms with Crippen LogP contribution in [-0.4, -0.2) is 15.6 Å². The van der Waals surface area contributed by atoms with Crippen molar-refractivity contribution >= 4 is 0 Å². The monoisotopic (exact) mass is 247 g/mol. The maximum Gasteiger partial charge on any atom is 0.118 e. The zero-order chi connectivity index (χ0) is 13.0. The van der Waals surface area contributed by atoms with Crippen molar-refractivity contribution in [3.05, 3.63) is 41.9 Å². The molecule has 0 saturated carbocycles. The second-order valence-electron chi connectivity index (χ2n) is 4.70. The van der Waals surface area contributed by atoms with Gasteiger partial charge in [0, 0.05) is 25.0 Å². The highest BCUT2D eigenvalue weighted by atomic mass is 16.3. The zero-order valence-corrected chi connectivity index (χ0v) is 11.3. The van der Waals surface area contributed by atoms with Gasteiger partial charge in [-0.15, -0.1) is 0 Å². The number of hydrogen-bond acceptors (Lipinski definition) is 3. The molecule has 0 aliphatic heterocycles.